The predicted octanol–water partition coefficient (Wildman–Crippen LogP) is 1.91. The normalized spacial score (nSPS) is 13.9. The van der Waals surface area contributed by atoms with E-state index in [0.717, 1.165) is 18.4 Å². The van der Waals surface area contributed by atoms with E-state index < -0.39 is 6.04 Å². The summed E-state index contributed by atoms with van der Waals surface area (Å²) in [7, 11) is 1.80. The summed E-state index contributed by atoms with van der Waals surface area (Å²) in [6.45, 7) is 4.14. The van der Waals surface area contributed by atoms with Gasteiger partial charge in [0.05, 0.1) is 6.04 Å². The van der Waals surface area contributed by atoms with Crippen LogP contribution >= 0.6 is 0 Å². The van der Waals surface area contributed by atoms with E-state index in [2.05, 4.69) is 6.92 Å². The molecule has 1 amide bonds. The lowest BCUT2D eigenvalue weighted by molar-refractivity contribution is -0.133. The second-order valence-electron chi connectivity index (χ2n) is 5.06. The van der Waals surface area contributed by atoms with Gasteiger partial charge in [-0.1, -0.05) is 25.5 Å². The molecule has 0 aliphatic heterocycles. The second-order valence-corrected chi connectivity index (χ2v) is 5.06. The molecule has 3 N–H and O–H groups in total. The molecular formula is C15H24N2O2. The van der Waals surface area contributed by atoms with Crippen LogP contribution in [0.3, 0.4) is 0 Å². The lowest BCUT2D eigenvalue weighted by Gasteiger charge is -2.27. The summed E-state index contributed by atoms with van der Waals surface area (Å²) < 4.78 is 0. The van der Waals surface area contributed by atoms with Crippen molar-refractivity contribution in [3.63, 3.8) is 0 Å². The van der Waals surface area contributed by atoms with Crippen LogP contribution in [0, 0.1) is 0 Å². The highest BCUT2D eigenvalue weighted by Gasteiger charge is 2.21. The average molecular weight is 264 g/mol. The van der Waals surface area contributed by atoms with Gasteiger partial charge >= 0.3 is 0 Å². The summed E-state index contributed by atoms with van der Waals surface area (Å²) in [5, 5.41) is 9.21. The van der Waals surface area contributed by atoms with E-state index in [9.17, 15) is 9.90 Å². The SMILES string of the molecule is CCCC(C)N(C)C(=O)[C@@H](N)Cc1ccc(O)cc1. The maximum atomic E-state index is 12.2. The van der Waals surface area contributed by atoms with Gasteiger partial charge in [0.2, 0.25) is 5.91 Å². The minimum atomic E-state index is -0.533. The van der Waals surface area contributed by atoms with Crippen molar-refractivity contribution in [2.24, 2.45) is 5.73 Å². The van der Waals surface area contributed by atoms with Crippen LogP contribution in [0.1, 0.15) is 32.3 Å². The van der Waals surface area contributed by atoms with Crippen molar-refractivity contribution in [1.29, 1.82) is 0 Å². The summed E-state index contributed by atoms with van der Waals surface area (Å²) >= 11 is 0. The molecule has 0 aliphatic carbocycles. The van der Waals surface area contributed by atoms with Gasteiger partial charge in [-0.15, -0.1) is 0 Å². The van der Waals surface area contributed by atoms with E-state index in [4.69, 9.17) is 5.73 Å². The molecule has 0 aliphatic rings. The number of carbonyl (C=O) groups is 1. The highest BCUT2D eigenvalue weighted by atomic mass is 16.3. The number of nitrogens with zero attached hydrogens (tertiary/aromatic N) is 1. The first-order valence-corrected chi connectivity index (χ1v) is 6.75. The van der Waals surface area contributed by atoms with Crippen LogP contribution in [0.2, 0.25) is 0 Å². The molecule has 0 bridgehead atoms. The van der Waals surface area contributed by atoms with E-state index in [1.807, 2.05) is 6.92 Å². The number of likely N-dealkylation sites (N-methyl/N-ethyl adjacent to an activating group) is 1. The first-order valence-electron chi connectivity index (χ1n) is 6.75. The summed E-state index contributed by atoms with van der Waals surface area (Å²) in [5.41, 5.74) is 6.92. The molecule has 4 nitrogen and oxygen atoms in total. The molecule has 0 fully saturated rings. The minimum absolute atomic E-state index is 0.0333. The molecule has 2 atom stereocenters. The molecule has 1 aromatic rings. The third-order valence-electron chi connectivity index (χ3n) is 3.42. The molecule has 1 rings (SSSR count). The van der Waals surface area contributed by atoms with Gasteiger partial charge in [-0.2, -0.15) is 0 Å². The number of nitrogens with two attached hydrogens (primary N) is 1. The zero-order valence-corrected chi connectivity index (χ0v) is 12.0. The molecule has 0 aromatic heterocycles. The van der Waals surface area contributed by atoms with Gasteiger partial charge in [0.15, 0.2) is 0 Å². The largest absolute Gasteiger partial charge is 0.508 e. The van der Waals surface area contributed by atoms with Crippen LogP contribution in [0.15, 0.2) is 24.3 Å². The Balaban J connectivity index is 2.59. The Labute approximate surface area is 115 Å². The van der Waals surface area contributed by atoms with Crippen LogP contribution in [-0.4, -0.2) is 35.0 Å². The fraction of sp³-hybridized carbons (Fsp3) is 0.533. The first-order chi connectivity index (χ1) is 8.95. The summed E-state index contributed by atoms with van der Waals surface area (Å²) in [6, 6.07) is 6.47. The van der Waals surface area contributed by atoms with Gasteiger partial charge < -0.3 is 15.7 Å². The van der Waals surface area contributed by atoms with Gasteiger partial charge in [-0.05, 0) is 37.5 Å². The number of rotatable bonds is 6. The molecule has 0 spiro atoms. The molecule has 1 aromatic carbocycles. The van der Waals surface area contributed by atoms with Crippen molar-refractivity contribution < 1.29 is 9.90 Å². The van der Waals surface area contributed by atoms with Gasteiger partial charge in [-0.3, -0.25) is 4.79 Å². The van der Waals surface area contributed by atoms with E-state index in [1.54, 1.807) is 36.2 Å². The highest BCUT2D eigenvalue weighted by Crippen LogP contribution is 2.12. The maximum Gasteiger partial charge on any atom is 0.239 e. The molecule has 1 unspecified atom stereocenters. The Hall–Kier alpha value is -1.55. The number of aromatic hydroxyl groups is 1. The zero-order chi connectivity index (χ0) is 14.4. The van der Waals surface area contributed by atoms with Crippen molar-refractivity contribution in [2.45, 2.75) is 45.2 Å². The van der Waals surface area contributed by atoms with Crippen molar-refractivity contribution >= 4 is 5.91 Å². The van der Waals surface area contributed by atoms with Crippen LogP contribution in [0.5, 0.6) is 5.75 Å². The van der Waals surface area contributed by atoms with Crippen molar-refractivity contribution in [3.8, 4) is 5.75 Å². The monoisotopic (exact) mass is 264 g/mol. The Morgan fingerprint density at radius 1 is 1.37 bits per heavy atom. The molecule has 0 saturated heterocycles. The molecule has 19 heavy (non-hydrogen) atoms. The Morgan fingerprint density at radius 3 is 2.47 bits per heavy atom. The lowest BCUT2D eigenvalue weighted by Crippen LogP contribution is -2.46. The number of carbonyl (C=O) groups excluding carboxylic acids is 1. The standard InChI is InChI=1S/C15H24N2O2/c1-4-5-11(2)17(3)15(19)14(16)10-12-6-8-13(18)9-7-12/h6-9,11,14,18H,4-5,10,16H2,1-3H3/t11?,14-/m0/s1. The predicted molar refractivity (Wildman–Crippen MR) is 76.9 cm³/mol. The fourth-order valence-electron chi connectivity index (χ4n) is 2.06. The maximum absolute atomic E-state index is 12.2. The number of hydrogen-bond acceptors (Lipinski definition) is 3. The van der Waals surface area contributed by atoms with E-state index in [1.165, 1.54) is 0 Å². The van der Waals surface area contributed by atoms with Crippen molar-refractivity contribution in [3.05, 3.63) is 29.8 Å². The molecule has 106 valence electrons. The number of amides is 1. The minimum Gasteiger partial charge on any atom is -0.508 e. The quantitative estimate of drug-likeness (QED) is 0.824. The van der Waals surface area contributed by atoms with Gasteiger partial charge in [0, 0.05) is 13.1 Å². The summed E-state index contributed by atoms with van der Waals surface area (Å²) in [6.07, 6.45) is 2.52. The molecular weight excluding hydrogens is 240 g/mol. The van der Waals surface area contributed by atoms with Gasteiger partial charge in [0.1, 0.15) is 5.75 Å². The third-order valence-corrected chi connectivity index (χ3v) is 3.42. The summed E-state index contributed by atoms with van der Waals surface area (Å²) in [5.74, 6) is 0.186. The van der Waals surface area contributed by atoms with Crippen LogP contribution < -0.4 is 5.73 Å². The first kappa shape index (κ1) is 15.5. The van der Waals surface area contributed by atoms with Crippen molar-refractivity contribution in [2.75, 3.05) is 7.05 Å². The molecule has 0 heterocycles. The summed E-state index contributed by atoms with van der Waals surface area (Å²) in [4.78, 5) is 13.9. The van der Waals surface area contributed by atoms with E-state index in [-0.39, 0.29) is 17.7 Å². The second kappa shape index (κ2) is 7.14. The molecule has 0 saturated carbocycles. The highest BCUT2D eigenvalue weighted by molar-refractivity contribution is 5.82. The fourth-order valence-corrected chi connectivity index (χ4v) is 2.06. The smallest absolute Gasteiger partial charge is 0.239 e. The zero-order valence-electron chi connectivity index (χ0n) is 12.0. The van der Waals surface area contributed by atoms with E-state index >= 15 is 0 Å². The van der Waals surface area contributed by atoms with E-state index in [0.29, 0.717) is 6.42 Å². The molecule has 0 radical (unpaired) electrons. The lowest BCUT2D eigenvalue weighted by atomic mass is 10.0. The number of benzene rings is 1. The number of phenols is 1. The Morgan fingerprint density at radius 2 is 1.95 bits per heavy atom. The Bertz CT molecular complexity index is 403. The van der Waals surface area contributed by atoms with Crippen molar-refractivity contribution in [1.82, 2.24) is 4.90 Å². The molecule has 4 heteroatoms. The number of phenolic OH excluding ortho intramolecular Hbond substituents is 1. The topological polar surface area (TPSA) is 66.6 Å². The van der Waals surface area contributed by atoms with Crippen LogP contribution in [-0.2, 0) is 11.2 Å². The third kappa shape index (κ3) is 4.56. The Kier molecular flexibility index (Phi) is 5.83. The van der Waals surface area contributed by atoms with Gasteiger partial charge in [0.25, 0.3) is 0 Å². The number of hydrogen-bond donors (Lipinski definition) is 2. The van der Waals surface area contributed by atoms with Gasteiger partial charge in [-0.25, -0.2) is 0 Å². The average Bonchev–Trinajstić information content (AvgIpc) is 2.39. The van der Waals surface area contributed by atoms with Crippen LogP contribution in [0.25, 0.3) is 0 Å². The van der Waals surface area contributed by atoms with Crippen LogP contribution in [0.4, 0.5) is 0 Å².